The molecular weight excluding hydrogens is 232 g/mol. The minimum Gasteiger partial charge on any atom is -0.475 e. The van der Waals surface area contributed by atoms with Crippen molar-refractivity contribution in [3.05, 3.63) is 47.2 Å². The SMILES string of the molecule is C=C(C)C(=O)c1cc2cc(C(=O)O)oc2cc1C. The lowest BCUT2D eigenvalue weighted by Gasteiger charge is -2.04. The Morgan fingerprint density at radius 1 is 1.28 bits per heavy atom. The summed E-state index contributed by atoms with van der Waals surface area (Å²) in [7, 11) is 0. The summed E-state index contributed by atoms with van der Waals surface area (Å²) < 4.78 is 5.17. The average molecular weight is 244 g/mol. The van der Waals surface area contributed by atoms with E-state index in [0.717, 1.165) is 5.56 Å². The molecule has 92 valence electrons. The van der Waals surface area contributed by atoms with Crippen LogP contribution in [0.15, 0.2) is 34.8 Å². The summed E-state index contributed by atoms with van der Waals surface area (Å²) in [5.74, 6) is -1.41. The van der Waals surface area contributed by atoms with Gasteiger partial charge in [0.05, 0.1) is 0 Å². The summed E-state index contributed by atoms with van der Waals surface area (Å²) in [5, 5.41) is 9.45. The molecule has 0 saturated carbocycles. The lowest BCUT2D eigenvalue weighted by atomic mass is 9.99. The summed E-state index contributed by atoms with van der Waals surface area (Å²) in [6.45, 7) is 7.04. The van der Waals surface area contributed by atoms with Gasteiger partial charge in [0.2, 0.25) is 5.76 Å². The van der Waals surface area contributed by atoms with E-state index in [1.54, 1.807) is 26.0 Å². The van der Waals surface area contributed by atoms with Crippen LogP contribution in [0.1, 0.15) is 33.4 Å². The lowest BCUT2D eigenvalue weighted by Crippen LogP contribution is -2.01. The van der Waals surface area contributed by atoms with Crippen molar-refractivity contribution in [3.8, 4) is 0 Å². The number of carboxylic acids is 1. The van der Waals surface area contributed by atoms with Gasteiger partial charge < -0.3 is 9.52 Å². The average Bonchev–Trinajstić information content (AvgIpc) is 2.69. The van der Waals surface area contributed by atoms with Gasteiger partial charge in [-0.05, 0) is 43.2 Å². The Balaban J connectivity index is 2.64. The van der Waals surface area contributed by atoms with E-state index in [4.69, 9.17) is 9.52 Å². The molecule has 0 fully saturated rings. The number of rotatable bonds is 3. The molecule has 18 heavy (non-hydrogen) atoms. The number of carbonyl (C=O) groups excluding carboxylic acids is 1. The predicted octanol–water partition coefficient (Wildman–Crippen LogP) is 3.20. The van der Waals surface area contributed by atoms with E-state index >= 15 is 0 Å². The molecule has 0 saturated heterocycles. The third kappa shape index (κ3) is 1.93. The van der Waals surface area contributed by atoms with Gasteiger partial charge in [0.25, 0.3) is 0 Å². The number of aromatic carboxylic acids is 1. The fourth-order valence-electron chi connectivity index (χ4n) is 1.77. The minimum absolute atomic E-state index is 0.135. The Kier molecular flexibility index (Phi) is 2.79. The van der Waals surface area contributed by atoms with Crippen molar-refractivity contribution in [2.24, 2.45) is 0 Å². The summed E-state index contributed by atoms with van der Waals surface area (Å²) in [6.07, 6.45) is 0. The molecule has 2 rings (SSSR count). The molecule has 4 nitrogen and oxygen atoms in total. The van der Waals surface area contributed by atoms with Crippen LogP contribution in [0.2, 0.25) is 0 Å². The van der Waals surface area contributed by atoms with Gasteiger partial charge in [0, 0.05) is 10.9 Å². The minimum atomic E-state index is -1.13. The molecule has 4 heteroatoms. The summed E-state index contributed by atoms with van der Waals surface area (Å²) in [5.41, 5.74) is 2.16. The highest BCUT2D eigenvalue weighted by Crippen LogP contribution is 2.24. The van der Waals surface area contributed by atoms with Crippen LogP contribution in [0.25, 0.3) is 11.0 Å². The number of carbonyl (C=O) groups is 2. The zero-order valence-electron chi connectivity index (χ0n) is 10.1. The number of hydrogen-bond acceptors (Lipinski definition) is 3. The third-order valence-corrected chi connectivity index (χ3v) is 2.71. The Bertz CT molecular complexity index is 676. The first-order chi connectivity index (χ1) is 8.40. The van der Waals surface area contributed by atoms with Crippen LogP contribution in [-0.4, -0.2) is 16.9 Å². The van der Waals surface area contributed by atoms with Crippen molar-refractivity contribution >= 4 is 22.7 Å². The molecule has 0 aliphatic rings. The maximum Gasteiger partial charge on any atom is 0.371 e. The van der Waals surface area contributed by atoms with E-state index in [1.165, 1.54) is 6.07 Å². The Labute approximate surface area is 104 Å². The van der Waals surface area contributed by atoms with Crippen LogP contribution in [0.5, 0.6) is 0 Å². The van der Waals surface area contributed by atoms with E-state index in [-0.39, 0.29) is 11.5 Å². The van der Waals surface area contributed by atoms with Gasteiger partial charge in [-0.3, -0.25) is 4.79 Å². The molecule has 0 amide bonds. The van der Waals surface area contributed by atoms with E-state index in [9.17, 15) is 9.59 Å². The molecule has 0 bridgehead atoms. The summed E-state index contributed by atoms with van der Waals surface area (Å²) in [4.78, 5) is 22.7. The van der Waals surface area contributed by atoms with Crippen molar-refractivity contribution in [2.45, 2.75) is 13.8 Å². The predicted molar refractivity (Wildman–Crippen MR) is 67.1 cm³/mol. The van der Waals surface area contributed by atoms with E-state index in [1.807, 2.05) is 0 Å². The zero-order valence-corrected chi connectivity index (χ0v) is 10.1. The van der Waals surface area contributed by atoms with Gasteiger partial charge in [-0.2, -0.15) is 0 Å². The molecule has 1 aromatic heterocycles. The fraction of sp³-hybridized carbons (Fsp3) is 0.143. The van der Waals surface area contributed by atoms with Crippen LogP contribution < -0.4 is 0 Å². The normalized spacial score (nSPS) is 10.6. The van der Waals surface area contributed by atoms with Gasteiger partial charge in [-0.15, -0.1) is 0 Å². The van der Waals surface area contributed by atoms with Gasteiger partial charge in [-0.25, -0.2) is 4.79 Å². The highest BCUT2D eigenvalue weighted by molar-refractivity contribution is 6.10. The number of fused-ring (bicyclic) bond motifs is 1. The molecule has 0 atom stereocenters. The number of allylic oxidation sites excluding steroid dienone is 1. The maximum absolute atomic E-state index is 11.9. The van der Waals surface area contributed by atoms with Crippen molar-refractivity contribution in [1.82, 2.24) is 0 Å². The standard InChI is InChI=1S/C14H12O4/c1-7(2)13(15)10-5-9-6-12(14(16)17)18-11(9)4-8(10)3/h4-6H,1H2,2-3H3,(H,16,17). The number of carboxylic acid groups (broad SMARTS) is 1. The van der Waals surface area contributed by atoms with Gasteiger partial charge >= 0.3 is 5.97 Å². The monoisotopic (exact) mass is 244 g/mol. The molecule has 0 aliphatic heterocycles. The Hall–Kier alpha value is -2.36. The number of hydrogen-bond donors (Lipinski definition) is 1. The molecule has 0 aliphatic carbocycles. The zero-order chi connectivity index (χ0) is 13.4. The van der Waals surface area contributed by atoms with Crippen LogP contribution in [0.3, 0.4) is 0 Å². The second-order valence-corrected chi connectivity index (χ2v) is 4.23. The van der Waals surface area contributed by atoms with Crippen LogP contribution >= 0.6 is 0 Å². The smallest absolute Gasteiger partial charge is 0.371 e. The number of aryl methyl sites for hydroxylation is 1. The summed E-state index contributed by atoms with van der Waals surface area (Å²) >= 11 is 0. The van der Waals surface area contributed by atoms with E-state index in [0.29, 0.717) is 22.1 Å². The largest absolute Gasteiger partial charge is 0.475 e. The van der Waals surface area contributed by atoms with Crippen molar-refractivity contribution in [1.29, 1.82) is 0 Å². The van der Waals surface area contributed by atoms with Crippen LogP contribution in [-0.2, 0) is 0 Å². The molecule has 1 heterocycles. The molecule has 2 aromatic rings. The van der Waals surface area contributed by atoms with E-state index < -0.39 is 5.97 Å². The second kappa shape index (κ2) is 4.14. The second-order valence-electron chi connectivity index (χ2n) is 4.23. The molecule has 0 radical (unpaired) electrons. The number of ketones is 1. The van der Waals surface area contributed by atoms with E-state index in [2.05, 4.69) is 6.58 Å². The van der Waals surface area contributed by atoms with Crippen molar-refractivity contribution in [2.75, 3.05) is 0 Å². The molecule has 0 spiro atoms. The van der Waals surface area contributed by atoms with Gasteiger partial charge in [0.15, 0.2) is 5.78 Å². The Morgan fingerprint density at radius 3 is 2.50 bits per heavy atom. The first-order valence-corrected chi connectivity index (χ1v) is 5.38. The number of furan rings is 1. The fourth-order valence-corrected chi connectivity index (χ4v) is 1.77. The van der Waals surface area contributed by atoms with Crippen LogP contribution in [0, 0.1) is 6.92 Å². The molecule has 1 aromatic carbocycles. The van der Waals surface area contributed by atoms with Crippen LogP contribution in [0.4, 0.5) is 0 Å². The topological polar surface area (TPSA) is 67.5 Å². The first kappa shape index (κ1) is 12.1. The highest BCUT2D eigenvalue weighted by Gasteiger charge is 2.15. The van der Waals surface area contributed by atoms with Crippen molar-refractivity contribution in [3.63, 3.8) is 0 Å². The maximum atomic E-state index is 11.9. The number of Topliss-reactive ketones (excluding diaryl/α,β-unsaturated/α-hetero) is 1. The summed E-state index contributed by atoms with van der Waals surface area (Å²) in [6, 6.07) is 4.71. The molecule has 0 unspecified atom stereocenters. The Morgan fingerprint density at radius 2 is 1.94 bits per heavy atom. The van der Waals surface area contributed by atoms with Gasteiger partial charge in [-0.1, -0.05) is 6.58 Å². The molecular formula is C14H12O4. The number of benzene rings is 1. The lowest BCUT2D eigenvalue weighted by molar-refractivity contribution is 0.0665. The van der Waals surface area contributed by atoms with Gasteiger partial charge in [0.1, 0.15) is 5.58 Å². The first-order valence-electron chi connectivity index (χ1n) is 5.38. The third-order valence-electron chi connectivity index (χ3n) is 2.71. The van der Waals surface area contributed by atoms with Crippen molar-refractivity contribution < 1.29 is 19.1 Å². The molecule has 1 N–H and O–H groups in total. The quantitative estimate of drug-likeness (QED) is 0.665. The highest BCUT2D eigenvalue weighted by atomic mass is 16.4.